The number of carbonyl (C=O) groups is 2. The number of rotatable bonds is 6. The van der Waals surface area contributed by atoms with Crippen molar-refractivity contribution in [2.75, 3.05) is 10.8 Å². The smallest absolute Gasteiger partial charge is 0.369 e. The van der Waals surface area contributed by atoms with Crippen LogP contribution in [0.15, 0.2) is 47.4 Å². The van der Waals surface area contributed by atoms with E-state index in [1.54, 1.807) is 0 Å². The number of alkyl halides is 6. The quantitative estimate of drug-likeness (QED) is 0.485. The van der Waals surface area contributed by atoms with Gasteiger partial charge in [-0.25, -0.2) is 12.8 Å². The van der Waals surface area contributed by atoms with Gasteiger partial charge in [0, 0.05) is 18.5 Å². The molecule has 2 aliphatic rings. The second-order valence-electron chi connectivity index (χ2n) is 9.85. The van der Waals surface area contributed by atoms with E-state index >= 15 is 0 Å². The largest absolute Gasteiger partial charge is 0.430 e. The molecule has 2 unspecified atom stereocenters. The van der Waals surface area contributed by atoms with Gasteiger partial charge in [0.25, 0.3) is 15.6 Å². The third-order valence-corrected chi connectivity index (χ3v) is 9.20. The SMILES string of the molecule is NC(=O)C1CCCN1C(=O)CC1CCc2cc(C(O)(C(F)(F)F)C(F)(F)F)ccc2N1S(=O)(=O)c1ccc(F)cc1. The van der Waals surface area contributed by atoms with Crippen LogP contribution in [-0.4, -0.2) is 61.2 Å². The van der Waals surface area contributed by atoms with Gasteiger partial charge in [0.15, 0.2) is 0 Å². The molecule has 16 heteroatoms. The molecule has 2 heterocycles. The molecule has 41 heavy (non-hydrogen) atoms. The zero-order chi connectivity index (χ0) is 30.5. The lowest BCUT2D eigenvalue weighted by molar-refractivity contribution is -0.376. The summed E-state index contributed by atoms with van der Waals surface area (Å²) in [7, 11) is -4.65. The average molecular weight is 612 g/mol. The minimum atomic E-state index is -6.16. The van der Waals surface area contributed by atoms with Gasteiger partial charge in [-0.2, -0.15) is 26.3 Å². The summed E-state index contributed by atoms with van der Waals surface area (Å²) in [5, 5.41) is 9.84. The fourth-order valence-electron chi connectivity index (χ4n) is 5.26. The van der Waals surface area contributed by atoms with Crippen molar-refractivity contribution in [1.82, 2.24) is 4.90 Å². The van der Waals surface area contributed by atoms with E-state index in [0.29, 0.717) is 35.3 Å². The fourth-order valence-corrected chi connectivity index (χ4v) is 6.98. The van der Waals surface area contributed by atoms with Crippen LogP contribution in [0.1, 0.15) is 36.8 Å². The monoisotopic (exact) mass is 611 g/mol. The lowest BCUT2D eigenvalue weighted by atomic mass is 9.87. The maximum atomic E-state index is 13.7. The summed E-state index contributed by atoms with van der Waals surface area (Å²) >= 11 is 0. The number of nitrogens with two attached hydrogens (primary N) is 1. The molecule has 2 aromatic rings. The topological polar surface area (TPSA) is 121 Å². The highest BCUT2D eigenvalue weighted by Crippen LogP contribution is 2.51. The molecule has 2 aromatic carbocycles. The van der Waals surface area contributed by atoms with E-state index in [4.69, 9.17) is 5.73 Å². The maximum Gasteiger partial charge on any atom is 0.430 e. The zero-order valence-corrected chi connectivity index (χ0v) is 21.9. The molecule has 224 valence electrons. The first kappa shape index (κ1) is 30.6. The maximum absolute atomic E-state index is 13.7. The Bertz CT molecular complexity index is 1430. The Kier molecular flexibility index (Phi) is 7.79. The molecule has 3 N–H and O–H groups in total. The Morgan fingerprint density at radius 3 is 2.15 bits per heavy atom. The summed E-state index contributed by atoms with van der Waals surface area (Å²) in [4.78, 5) is 25.7. The van der Waals surface area contributed by atoms with Gasteiger partial charge in [-0.05, 0) is 61.6 Å². The first-order valence-corrected chi connectivity index (χ1v) is 13.7. The summed E-state index contributed by atoms with van der Waals surface area (Å²) in [5.41, 5.74) is -2.01. The zero-order valence-electron chi connectivity index (χ0n) is 21.0. The number of halogens is 7. The van der Waals surface area contributed by atoms with Crippen molar-refractivity contribution < 1.29 is 53.8 Å². The molecule has 0 radical (unpaired) electrons. The molecule has 8 nitrogen and oxygen atoms in total. The predicted octanol–water partition coefficient (Wildman–Crippen LogP) is 3.51. The number of amides is 2. The molecule has 0 aliphatic carbocycles. The van der Waals surface area contributed by atoms with Gasteiger partial charge in [-0.15, -0.1) is 0 Å². The predicted molar refractivity (Wildman–Crippen MR) is 129 cm³/mol. The number of sulfonamides is 1. The summed E-state index contributed by atoms with van der Waals surface area (Å²) in [5.74, 6) is -2.15. The van der Waals surface area contributed by atoms with Crippen LogP contribution in [0.3, 0.4) is 0 Å². The minimum absolute atomic E-state index is 0.178. The van der Waals surface area contributed by atoms with Crippen molar-refractivity contribution in [2.24, 2.45) is 5.73 Å². The van der Waals surface area contributed by atoms with E-state index in [2.05, 4.69) is 0 Å². The minimum Gasteiger partial charge on any atom is -0.369 e. The van der Waals surface area contributed by atoms with Crippen molar-refractivity contribution in [2.45, 2.75) is 67.0 Å². The van der Waals surface area contributed by atoms with Crippen molar-refractivity contribution in [3.63, 3.8) is 0 Å². The van der Waals surface area contributed by atoms with Crippen molar-refractivity contribution >= 4 is 27.5 Å². The third-order valence-electron chi connectivity index (χ3n) is 7.32. The van der Waals surface area contributed by atoms with E-state index < -0.39 is 74.6 Å². The van der Waals surface area contributed by atoms with Gasteiger partial charge in [-0.1, -0.05) is 12.1 Å². The van der Waals surface area contributed by atoms with Crippen LogP contribution < -0.4 is 10.0 Å². The Labute approximate surface area is 229 Å². The summed E-state index contributed by atoms with van der Waals surface area (Å²) in [6.07, 6.45) is -12.5. The standard InChI is InChI=1S/C25H24F7N3O5S/c26-16-5-8-18(9-6-16)41(39,40)35-17(13-21(36)34-11-1-2-20(34)22(33)37)7-3-14-12-15(4-10-19(14)35)23(38,24(27,28)29)25(30,31)32/h4-6,8-10,12,17,20,38H,1-3,7,11,13H2,(H2,33,37). The molecule has 0 aromatic heterocycles. The van der Waals surface area contributed by atoms with Crippen LogP contribution in [0.25, 0.3) is 0 Å². The summed E-state index contributed by atoms with van der Waals surface area (Å²) in [6, 6.07) is 2.90. The van der Waals surface area contributed by atoms with E-state index in [-0.39, 0.29) is 30.6 Å². The second-order valence-corrected chi connectivity index (χ2v) is 11.7. The van der Waals surface area contributed by atoms with E-state index in [1.165, 1.54) is 4.90 Å². The molecule has 2 amide bonds. The normalized spacial score (nSPS) is 20.2. The van der Waals surface area contributed by atoms with Gasteiger partial charge >= 0.3 is 12.4 Å². The second kappa shape index (κ2) is 10.5. The van der Waals surface area contributed by atoms with Crippen molar-refractivity contribution in [1.29, 1.82) is 0 Å². The number of benzene rings is 2. The van der Waals surface area contributed by atoms with E-state index in [1.807, 2.05) is 0 Å². The van der Waals surface area contributed by atoms with Crippen LogP contribution in [0, 0.1) is 5.82 Å². The number of hydrogen-bond acceptors (Lipinski definition) is 5. The van der Waals surface area contributed by atoms with Crippen molar-refractivity contribution in [3.8, 4) is 0 Å². The number of anilines is 1. The molecule has 1 fully saturated rings. The number of aryl methyl sites for hydroxylation is 1. The van der Waals surface area contributed by atoms with Crippen LogP contribution in [0.2, 0.25) is 0 Å². The van der Waals surface area contributed by atoms with E-state index in [0.717, 1.165) is 24.3 Å². The van der Waals surface area contributed by atoms with Gasteiger partial charge in [0.05, 0.1) is 16.6 Å². The lowest BCUT2D eigenvalue weighted by Crippen LogP contribution is -2.54. The fraction of sp³-hybridized carbons (Fsp3) is 0.440. The Balaban J connectivity index is 1.81. The molecule has 1 saturated heterocycles. The van der Waals surface area contributed by atoms with Crippen LogP contribution in [0.5, 0.6) is 0 Å². The molecule has 0 spiro atoms. The molecule has 2 aliphatic heterocycles. The number of hydrogen-bond donors (Lipinski definition) is 2. The van der Waals surface area contributed by atoms with Gasteiger partial charge < -0.3 is 15.7 Å². The Morgan fingerprint density at radius 1 is 0.976 bits per heavy atom. The van der Waals surface area contributed by atoms with Crippen molar-refractivity contribution in [3.05, 3.63) is 59.4 Å². The van der Waals surface area contributed by atoms with Gasteiger partial charge in [-0.3, -0.25) is 13.9 Å². The number of primary amides is 1. The molecule has 2 atom stereocenters. The Morgan fingerprint density at radius 2 is 1.59 bits per heavy atom. The molecule has 0 bridgehead atoms. The summed E-state index contributed by atoms with van der Waals surface area (Å²) in [6.45, 7) is 0.178. The van der Waals surface area contributed by atoms with Crippen LogP contribution >= 0.6 is 0 Å². The molecule has 4 rings (SSSR count). The van der Waals surface area contributed by atoms with Crippen LogP contribution in [-0.2, 0) is 31.6 Å². The molecular formula is C25H24F7N3O5S. The highest BCUT2D eigenvalue weighted by molar-refractivity contribution is 7.92. The highest BCUT2D eigenvalue weighted by Gasteiger charge is 2.71. The Hall–Kier alpha value is -3.40. The lowest BCUT2D eigenvalue weighted by Gasteiger charge is -2.39. The number of likely N-dealkylation sites (tertiary alicyclic amines) is 1. The average Bonchev–Trinajstić information content (AvgIpc) is 3.37. The molecule has 0 saturated carbocycles. The number of aliphatic hydroxyl groups is 1. The van der Waals surface area contributed by atoms with Crippen LogP contribution in [0.4, 0.5) is 36.4 Å². The number of carbonyl (C=O) groups excluding carboxylic acids is 2. The van der Waals surface area contributed by atoms with E-state index in [9.17, 15) is 53.8 Å². The first-order valence-electron chi connectivity index (χ1n) is 12.3. The first-order chi connectivity index (χ1) is 18.9. The molecular weight excluding hydrogens is 587 g/mol. The third kappa shape index (κ3) is 5.34. The van der Waals surface area contributed by atoms with Gasteiger partial charge in [0.1, 0.15) is 11.9 Å². The number of fused-ring (bicyclic) bond motifs is 1. The summed E-state index contributed by atoms with van der Waals surface area (Å²) < 4.78 is 123. The van der Waals surface area contributed by atoms with Gasteiger partial charge in [0.2, 0.25) is 11.8 Å². The number of nitrogens with zero attached hydrogens (tertiary/aromatic N) is 2. The highest BCUT2D eigenvalue weighted by atomic mass is 32.2.